The van der Waals surface area contributed by atoms with Gasteiger partial charge in [-0.25, -0.2) is 4.68 Å². The minimum Gasteiger partial charge on any atom is -0.394 e. The molecule has 0 saturated heterocycles. The third-order valence-electron chi connectivity index (χ3n) is 2.82. The molecule has 0 saturated carbocycles. The Balaban J connectivity index is 2.25. The van der Waals surface area contributed by atoms with Crippen LogP contribution in [-0.2, 0) is 13.1 Å². The Bertz CT molecular complexity index is 546. The molecule has 0 fully saturated rings. The lowest BCUT2D eigenvalue weighted by molar-refractivity contribution is 0.641. The number of hydrogen-bond acceptors (Lipinski definition) is 4. The van der Waals surface area contributed by atoms with Crippen molar-refractivity contribution >= 4 is 38.8 Å². The van der Waals surface area contributed by atoms with E-state index >= 15 is 0 Å². The predicted molar refractivity (Wildman–Crippen MR) is 81.2 cm³/mol. The lowest BCUT2D eigenvalue weighted by Crippen LogP contribution is -2.20. The summed E-state index contributed by atoms with van der Waals surface area (Å²) in [5.41, 5.74) is 7.78. The molecular formula is C12H17BrN4S. The largest absolute Gasteiger partial charge is 0.394 e. The standard InChI is InChI=1S/C12H17BrN4S/c1-4-17-12(11(14)8(2)15-17)16(3)6-10-5-9(13)7-18-10/h5,7H,4,6,14H2,1-3H3. The molecule has 2 heterocycles. The van der Waals surface area contributed by atoms with E-state index in [9.17, 15) is 0 Å². The number of hydrogen-bond donors (Lipinski definition) is 1. The van der Waals surface area contributed by atoms with E-state index in [2.05, 4.69) is 44.3 Å². The monoisotopic (exact) mass is 328 g/mol. The van der Waals surface area contributed by atoms with Crippen LogP contribution in [0, 0.1) is 6.92 Å². The van der Waals surface area contributed by atoms with Crippen LogP contribution < -0.4 is 10.6 Å². The van der Waals surface area contributed by atoms with Gasteiger partial charge < -0.3 is 10.6 Å². The quantitative estimate of drug-likeness (QED) is 0.937. The SMILES string of the molecule is CCn1nc(C)c(N)c1N(C)Cc1cc(Br)cs1. The van der Waals surface area contributed by atoms with Crippen LogP contribution in [0.4, 0.5) is 11.5 Å². The summed E-state index contributed by atoms with van der Waals surface area (Å²) in [6.45, 7) is 5.68. The Morgan fingerprint density at radius 2 is 2.28 bits per heavy atom. The zero-order valence-corrected chi connectivity index (χ0v) is 13.2. The number of nitrogens with two attached hydrogens (primary N) is 1. The molecule has 2 aromatic heterocycles. The second-order valence-corrected chi connectivity index (χ2v) is 6.14. The van der Waals surface area contributed by atoms with Crippen LogP contribution in [0.15, 0.2) is 15.9 Å². The topological polar surface area (TPSA) is 47.1 Å². The van der Waals surface area contributed by atoms with Gasteiger partial charge in [0.1, 0.15) is 0 Å². The van der Waals surface area contributed by atoms with Crippen molar-refractivity contribution in [2.75, 3.05) is 17.7 Å². The van der Waals surface area contributed by atoms with Crippen molar-refractivity contribution in [2.45, 2.75) is 26.9 Å². The van der Waals surface area contributed by atoms with Crippen LogP contribution in [0.3, 0.4) is 0 Å². The third kappa shape index (κ3) is 2.54. The number of aryl methyl sites for hydroxylation is 2. The number of nitrogen functional groups attached to an aromatic ring is 1. The fourth-order valence-electron chi connectivity index (χ4n) is 1.95. The molecule has 2 N–H and O–H groups in total. The second-order valence-electron chi connectivity index (χ2n) is 4.23. The minimum absolute atomic E-state index is 0.773. The molecule has 98 valence electrons. The first-order valence-electron chi connectivity index (χ1n) is 5.79. The van der Waals surface area contributed by atoms with Crippen molar-refractivity contribution in [3.05, 3.63) is 26.5 Å². The maximum Gasteiger partial charge on any atom is 0.150 e. The van der Waals surface area contributed by atoms with E-state index in [-0.39, 0.29) is 0 Å². The molecule has 6 heteroatoms. The molecule has 2 rings (SSSR count). The molecule has 2 aromatic rings. The van der Waals surface area contributed by atoms with Crippen LogP contribution in [0.2, 0.25) is 0 Å². The van der Waals surface area contributed by atoms with Gasteiger partial charge in [-0.1, -0.05) is 0 Å². The Morgan fingerprint density at radius 3 is 2.83 bits per heavy atom. The fourth-order valence-corrected chi connectivity index (χ4v) is 3.46. The summed E-state index contributed by atoms with van der Waals surface area (Å²) < 4.78 is 3.08. The number of nitrogens with zero attached hydrogens (tertiary/aromatic N) is 3. The van der Waals surface area contributed by atoms with E-state index in [0.717, 1.165) is 34.8 Å². The number of thiophene rings is 1. The smallest absolute Gasteiger partial charge is 0.150 e. The number of aromatic nitrogens is 2. The molecule has 0 unspecified atom stereocenters. The summed E-state index contributed by atoms with van der Waals surface area (Å²) >= 11 is 5.21. The zero-order chi connectivity index (χ0) is 13.3. The van der Waals surface area contributed by atoms with E-state index in [1.54, 1.807) is 11.3 Å². The predicted octanol–water partition coefficient (Wildman–Crippen LogP) is 3.25. The third-order valence-corrected chi connectivity index (χ3v) is 4.50. The van der Waals surface area contributed by atoms with Crippen molar-refractivity contribution in [3.63, 3.8) is 0 Å². The van der Waals surface area contributed by atoms with Crippen molar-refractivity contribution in [2.24, 2.45) is 0 Å². The molecule has 0 radical (unpaired) electrons. The van der Waals surface area contributed by atoms with Gasteiger partial charge in [-0.15, -0.1) is 11.3 Å². The molecule has 0 spiro atoms. The van der Waals surface area contributed by atoms with Gasteiger partial charge in [0.05, 0.1) is 17.9 Å². The van der Waals surface area contributed by atoms with E-state index < -0.39 is 0 Å². The van der Waals surface area contributed by atoms with Gasteiger partial charge in [0, 0.05) is 28.3 Å². The Hall–Kier alpha value is -1.01. The highest BCUT2D eigenvalue weighted by Crippen LogP contribution is 2.28. The van der Waals surface area contributed by atoms with Crippen molar-refractivity contribution in [3.8, 4) is 0 Å². The minimum atomic E-state index is 0.773. The highest BCUT2D eigenvalue weighted by Gasteiger charge is 2.16. The van der Waals surface area contributed by atoms with Gasteiger partial charge >= 0.3 is 0 Å². The van der Waals surface area contributed by atoms with Gasteiger partial charge in [-0.05, 0) is 35.8 Å². The van der Waals surface area contributed by atoms with Gasteiger partial charge in [0.2, 0.25) is 0 Å². The molecule has 0 aliphatic rings. The molecule has 18 heavy (non-hydrogen) atoms. The first-order chi connectivity index (χ1) is 8.52. The highest BCUT2D eigenvalue weighted by molar-refractivity contribution is 9.10. The summed E-state index contributed by atoms with van der Waals surface area (Å²) in [6, 6.07) is 2.14. The summed E-state index contributed by atoms with van der Waals surface area (Å²) in [5.74, 6) is 1.000. The van der Waals surface area contributed by atoms with Crippen LogP contribution in [0.1, 0.15) is 17.5 Å². The molecular weight excluding hydrogens is 312 g/mol. The molecule has 0 amide bonds. The maximum absolute atomic E-state index is 6.11. The highest BCUT2D eigenvalue weighted by atomic mass is 79.9. The average Bonchev–Trinajstić information content (AvgIpc) is 2.84. The maximum atomic E-state index is 6.11. The first-order valence-corrected chi connectivity index (χ1v) is 7.47. The molecule has 0 atom stereocenters. The zero-order valence-electron chi connectivity index (χ0n) is 10.8. The number of rotatable bonds is 4. The molecule has 4 nitrogen and oxygen atoms in total. The van der Waals surface area contributed by atoms with Gasteiger partial charge in [0.15, 0.2) is 5.82 Å². The van der Waals surface area contributed by atoms with E-state index in [1.165, 1.54) is 4.88 Å². The van der Waals surface area contributed by atoms with Crippen LogP contribution >= 0.6 is 27.3 Å². The van der Waals surface area contributed by atoms with E-state index in [0.29, 0.717) is 0 Å². The normalized spacial score (nSPS) is 10.9. The summed E-state index contributed by atoms with van der Waals surface area (Å²) in [4.78, 5) is 3.45. The Morgan fingerprint density at radius 1 is 1.56 bits per heavy atom. The van der Waals surface area contributed by atoms with Gasteiger partial charge in [0.25, 0.3) is 0 Å². The summed E-state index contributed by atoms with van der Waals surface area (Å²) in [7, 11) is 2.05. The van der Waals surface area contributed by atoms with Crippen molar-refractivity contribution < 1.29 is 0 Å². The number of halogens is 1. The van der Waals surface area contributed by atoms with Crippen LogP contribution in [0.25, 0.3) is 0 Å². The molecule has 0 aliphatic carbocycles. The van der Waals surface area contributed by atoms with E-state index in [4.69, 9.17) is 5.73 Å². The first kappa shape index (κ1) is 13.4. The number of anilines is 2. The fraction of sp³-hybridized carbons (Fsp3) is 0.417. The lowest BCUT2D eigenvalue weighted by Gasteiger charge is -2.20. The Labute approximate surface area is 120 Å². The average molecular weight is 329 g/mol. The molecule has 0 bridgehead atoms. The van der Waals surface area contributed by atoms with Crippen molar-refractivity contribution in [1.82, 2.24) is 9.78 Å². The summed E-state index contributed by atoms with van der Waals surface area (Å²) in [5, 5.41) is 6.53. The van der Waals surface area contributed by atoms with Gasteiger partial charge in [-0.3, -0.25) is 0 Å². The summed E-state index contributed by atoms with van der Waals surface area (Å²) in [6.07, 6.45) is 0. The van der Waals surface area contributed by atoms with Gasteiger partial charge in [-0.2, -0.15) is 5.10 Å². The van der Waals surface area contributed by atoms with Crippen LogP contribution in [-0.4, -0.2) is 16.8 Å². The molecule has 0 aliphatic heterocycles. The van der Waals surface area contributed by atoms with Crippen LogP contribution in [0.5, 0.6) is 0 Å². The van der Waals surface area contributed by atoms with E-state index in [1.807, 2.05) is 18.7 Å². The molecule has 0 aromatic carbocycles. The lowest BCUT2D eigenvalue weighted by atomic mass is 10.3. The van der Waals surface area contributed by atoms with Crippen molar-refractivity contribution in [1.29, 1.82) is 0 Å². The Kier molecular flexibility index (Phi) is 3.97. The second kappa shape index (κ2) is 5.32.